The number of benzene rings is 1. The van der Waals surface area contributed by atoms with Crippen molar-refractivity contribution in [1.29, 1.82) is 0 Å². The summed E-state index contributed by atoms with van der Waals surface area (Å²) in [4.78, 5) is 35.6. The van der Waals surface area contributed by atoms with Crippen LogP contribution in [0, 0.1) is 23.0 Å². The molecule has 0 aromatic heterocycles. The zero-order valence-electron chi connectivity index (χ0n) is 11.9. The van der Waals surface area contributed by atoms with Crippen molar-refractivity contribution in [2.24, 2.45) is 5.92 Å². The number of rotatable bonds is 4. The predicted octanol–water partition coefficient (Wildman–Crippen LogP) is 1.82. The molecule has 112 valence electrons. The minimum atomic E-state index is -0.517. The first-order valence-electron chi connectivity index (χ1n) is 6.66. The van der Waals surface area contributed by atoms with Gasteiger partial charge in [0.05, 0.1) is 23.1 Å². The highest BCUT2D eigenvalue weighted by atomic mass is 16.6. The number of nitro benzene ring substituents is 1. The monoisotopic (exact) mass is 292 g/mol. The summed E-state index contributed by atoms with van der Waals surface area (Å²) in [7, 11) is 0. The highest BCUT2D eigenvalue weighted by molar-refractivity contribution is 6.00. The highest BCUT2D eigenvalue weighted by Gasteiger charge is 2.37. The zero-order chi connectivity index (χ0) is 15.6. The van der Waals surface area contributed by atoms with Gasteiger partial charge in [0.1, 0.15) is 0 Å². The average Bonchev–Trinajstić information content (AvgIpc) is 2.81. The Hall–Kier alpha value is -2.44. The van der Waals surface area contributed by atoms with E-state index in [-0.39, 0.29) is 31.2 Å². The van der Waals surface area contributed by atoms with Crippen molar-refractivity contribution in [3.8, 4) is 0 Å². The maximum absolute atomic E-state index is 12.1. The first-order chi connectivity index (χ1) is 9.93. The lowest BCUT2D eigenvalue weighted by Crippen LogP contribution is -2.27. The van der Waals surface area contributed by atoms with Crippen LogP contribution in [0.1, 0.15) is 18.9 Å². The van der Waals surface area contributed by atoms with Crippen LogP contribution >= 0.6 is 0 Å². The minimum absolute atomic E-state index is 0.0704. The van der Waals surface area contributed by atoms with Gasteiger partial charge in [-0.25, -0.2) is 0 Å². The van der Waals surface area contributed by atoms with Crippen LogP contribution < -0.4 is 4.90 Å². The maximum atomic E-state index is 12.1. The summed E-state index contributed by atoms with van der Waals surface area (Å²) in [6, 6.07) is 4.35. The number of hydrogen-bond donors (Lipinski definition) is 0. The summed E-state index contributed by atoms with van der Waals surface area (Å²) >= 11 is 0. The molecular weight excluding hydrogens is 276 g/mol. The number of carbonyl (C=O) groups is 2. The number of hydrogen-bond acceptors (Lipinski definition) is 5. The number of nitro groups is 1. The average molecular weight is 292 g/mol. The summed E-state index contributed by atoms with van der Waals surface area (Å²) < 4.78 is 4.92. The molecule has 1 aromatic rings. The molecular formula is C14H16N2O5. The molecule has 1 amide bonds. The fraction of sp³-hybridized carbons (Fsp3) is 0.429. The summed E-state index contributed by atoms with van der Waals surface area (Å²) in [6.07, 6.45) is 0.0704. The molecule has 1 aliphatic heterocycles. The second kappa shape index (κ2) is 5.90. The van der Waals surface area contributed by atoms with Crippen molar-refractivity contribution in [2.75, 3.05) is 18.1 Å². The number of amides is 1. The fourth-order valence-electron chi connectivity index (χ4n) is 2.36. The van der Waals surface area contributed by atoms with Gasteiger partial charge in [-0.1, -0.05) is 6.07 Å². The molecule has 1 fully saturated rings. The van der Waals surface area contributed by atoms with Crippen molar-refractivity contribution in [2.45, 2.75) is 20.3 Å². The van der Waals surface area contributed by atoms with Gasteiger partial charge in [0.25, 0.3) is 5.69 Å². The van der Waals surface area contributed by atoms with E-state index >= 15 is 0 Å². The van der Waals surface area contributed by atoms with Crippen LogP contribution in [0.2, 0.25) is 0 Å². The Kier molecular flexibility index (Phi) is 4.21. The van der Waals surface area contributed by atoms with Gasteiger partial charge in [0, 0.05) is 25.1 Å². The molecule has 1 unspecified atom stereocenters. The second-order valence-electron chi connectivity index (χ2n) is 4.89. The molecule has 0 bridgehead atoms. The van der Waals surface area contributed by atoms with E-state index in [1.807, 2.05) is 0 Å². The Morgan fingerprint density at radius 3 is 2.86 bits per heavy atom. The van der Waals surface area contributed by atoms with Crippen LogP contribution in [0.3, 0.4) is 0 Å². The fourth-order valence-corrected chi connectivity index (χ4v) is 2.36. The van der Waals surface area contributed by atoms with E-state index in [9.17, 15) is 19.7 Å². The van der Waals surface area contributed by atoms with Gasteiger partial charge < -0.3 is 9.64 Å². The van der Waals surface area contributed by atoms with E-state index in [2.05, 4.69) is 0 Å². The van der Waals surface area contributed by atoms with Crippen LogP contribution in [-0.2, 0) is 14.3 Å². The van der Waals surface area contributed by atoms with Gasteiger partial charge in [-0.3, -0.25) is 19.7 Å². The quantitative estimate of drug-likeness (QED) is 0.479. The second-order valence-corrected chi connectivity index (χ2v) is 4.89. The number of anilines is 1. The first kappa shape index (κ1) is 15.0. The lowest BCUT2D eigenvalue weighted by Gasteiger charge is -2.18. The largest absolute Gasteiger partial charge is 0.466 e. The van der Waals surface area contributed by atoms with Gasteiger partial charge in [-0.2, -0.15) is 0 Å². The van der Waals surface area contributed by atoms with E-state index < -0.39 is 16.8 Å². The van der Waals surface area contributed by atoms with Crippen LogP contribution in [0.15, 0.2) is 18.2 Å². The Labute approximate surface area is 121 Å². The zero-order valence-corrected chi connectivity index (χ0v) is 11.9. The van der Waals surface area contributed by atoms with Crippen LogP contribution in [0.4, 0.5) is 11.4 Å². The van der Waals surface area contributed by atoms with Crippen LogP contribution in [0.25, 0.3) is 0 Å². The number of nitrogens with zero attached hydrogens (tertiary/aromatic N) is 2. The van der Waals surface area contributed by atoms with Crippen molar-refractivity contribution in [3.05, 3.63) is 33.9 Å². The summed E-state index contributed by atoms with van der Waals surface area (Å²) in [5.74, 6) is -1.15. The molecule has 0 radical (unpaired) electrons. The van der Waals surface area contributed by atoms with Crippen molar-refractivity contribution in [3.63, 3.8) is 0 Å². The number of carbonyl (C=O) groups excluding carboxylic acids is 2. The van der Waals surface area contributed by atoms with Crippen LogP contribution in [-0.4, -0.2) is 30.0 Å². The first-order valence-corrected chi connectivity index (χ1v) is 6.66. The van der Waals surface area contributed by atoms with Crippen molar-refractivity contribution >= 4 is 23.3 Å². The third kappa shape index (κ3) is 3.01. The molecule has 0 aliphatic carbocycles. The Balaban J connectivity index is 2.26. The Morgan fingerprint density at radius 1 is 1.52 bits per heavy atom. The molecule has 21 heavy (non-hydrogen) atoms. The van der Waals surface area contributed by atoms with Gasteiger partial charge in [-0.15, -0.1) is 0 Å². The SMILES string of the molecule is CCOC(=O)C1CC(=O)N(c2cc([N+](=O)[O-])ccc2C)C1. The number of esters is 1. The predicted molar refractivity (Wildman–Crippen MR) is 74.9 cm³/mol. The highest BCUT2D eigenvalue weighted by Crippen LogP contribution is 2.31. The van der Waals surface area contributed by atoms with E-state index in [0.29, 0.717) is 5.69 Å². The van der Waals surface area contributed by atoms with Crippen molar-refractivity contribution < 1.29 is 19.2 Å². The van der Waals surface area contributed by atoms with E-state index in [0.717, 1.165) is 5.56 Å². The molecule has 1 aliphatic rings. The molecule has 0 spiro atoms. The van der Waals surface area contributed by atoms with Gasteiger partial charge in [0.15, 0.2) is 0 Å². The maximum Gasteiger partial charge on any atom is 0.311 e. The molecule has 1 aromatic carbocycles. The Morgan fingerprint density at radius 2 is 2.24 bits per heavy atom. The molecule has 7 heteroatoms. The van der Waals surface area contributed by atoms with Crippen LogP contribution in [0.5, 0.6) is 0 Å². The molecule has 1 heterocycles. The van der Waals surface area contributed by atoms with Gasteiger partial charge in [0.2, 0.25) is 5.91 Å². The van der Waals surface area contributed by atoms with E-state index in [1.165, 1.54) is 17.0 Å². The lowest BCUT2D eigenvalue weighted by molar-refractivity contribution is -0.384. The van der Waals surface area contributed by atoms with Crippen molar-refractivity contribution in [1.82, 2.24) is 0 Å². The Bertz CT molecular complexity index is 599. The third-order valence-electron chi connectivity index (χ3n) is 3.44. The standard InChI is InChI=1S/C14H16N2O5/c1-3-21-14(18)10-6-13(17)15(8-10)12-7-11(16(19)20)5-4-9(12)2/h4-5,7,10H,3,6,8H2,1-2H3. The topological polar surface area (TPSA) is 89.8 Å². The van der Waals surface area contributed by atoms with Gasteiger partial charge in [-0.05, 0) is 19.4 Å². The molecule has 1 saturated heterocycles. The number of ether oxygens (including phenoxy) is 1. The molecule has 0 N–H and O–H groups in total. The summed E-state index contributed by atoms with van der Waals surface area (Å²) in [6.45, 7) is 3.93. The molecule has 7 nitrogen and oxygen atoms in total. The lowest BCUT2D eigenvalue weighted by atomic mass is 10.1. The van der Waals surface area contributed by atoms with E-state index in [1.54, 1.807) is 19.9 Å². The summed E-state index contributed by atoms with van der Waals surface area (Å²) in [5, 5.41) is 10.8. The minimum Gasteiger partial charge on any atom is -0.466 e. The molecule has 0 saturated carbocycles. The van der Waals surface area contributed by atoms with E-state index in [4.69, 9.17) is 4.74 Å². The molecule has 2 rings (SSSR count). The van der Waals surface area contributed by atoms with Gasteiger partial charge >= 0.3 is 5.97 Å². The smallest absolute Gasteiger partial charge is 0.311 e. The third-order valence-corrected chi connectivity index (χ3v) is 3.44. The number of aryl methyl sites for hydroxylation is 1. The number of non-ortho nitro benzene ring substituents is 1. The normalized spacial score (nSPS) is 17.9. The summed E-state index contributed by atoms with van der Waals surface area (Å²) in [5.41, 5.74) is 1.14. The molecule has 1 atom stereocenters.